The number of aliphatic hydroxyl groups excluding tert-OH is 1. The molecular formula is C13H19NO2. The highest BCUT2D eigenvalue weighted by Crippen LogP contribution is 2.03. The lowest BCUT2D eigenvalue weighted by Crippen LogP contribution is -2.30. The van der Waals surface area contributed by atoms with Gasteiger partial charge in [-0.1, -0.05) is 30.3 Å². The first-order valence-corrected chi connectivity index (χ1v) is 5.55. The highest BCUT2D eigenvalue weighted by molar-refractivity contribution is 5.78. The van der Waals surface area contributed by atoms with E-state index in [1.54, 1.807) is 18.9 Å². The van der Waals surface area contributed by atoms with Gasteiger partial charge in [-0.3, -0.25) is 4.79 Å². The van der Waals surface area contributed by atoms with Crippen molar-refractivity contribution in [2.45, 2.75) is 25.9 Å². The van der Waals surface area contributed by atoms with E-state index in [4.69, 9.17) is 5.11 Å². The van der Waals surface area contributed by atoms with Gasteiger partial charge in [0.05, 0.1) is 12.5 Å². The third-order valence-corrected chi connectivity index (χ3v) is 2.51. The van der Waals surface area contributed by atoms with E-state index in [1.165, 1.54) is 0 Å². The van der Waals surface area contributed by atoms with Crippen molar-refractivity contribution in [3.05, 3.63) is 35.9 Å². The lowest BCUT2D eigenvalue weighted by Gasteiger charge is -2.18. The summed E-state index contributed by atoms with van der Waals surface area (Å²) in [5.41, 5.74) is 1.02. The maximum atomic E-state index is 11.8. The maximum Gasteiger partial charge on any atom is 0.226 e. The zero-order chi connectivity index (χ0) is 12.0. The van der Waals surface area contributed by atoms with Crippen LogP contribution in [0.2, 0.25) is 0 Å². The Morgan fingerprint density at radius 1 is 1.38 bits per heavy atom. The average Bonchev–Trinajstić information content (AvgIpc) is 2.27. The number of likely N-dealkylation sites (N-methyl/N-ethyl adjacent to an activating group) is 1. The van der Waals surface area contributed by atoms with Crippen LogP contribution in [0.25, 0.3) is 0 Å². The lowest BCUT2D eigenvalue weighted by atomic mass is 10.1. The summed E-state index contributed by atoms with van der Waals surface area (Å²) in [4.78, 5) is 13.4. The van der Waals surface area contributed by atoms with E-state index in [-0.39, 0.29) is 12.0 Å². The molecule has 0 bridgehead atoms. The third-order valence-electron chi connectivity index (χ3n) is 2.51. The van der Waals surface area contributed by atoms with E-state index in [0.717, 1.165) is 5.56 Å². The Morgan fingerprint density at radius 3 is 2.56 bits per heavy atom. The standard InChI is InChI=1S/C13H19NO2/c1-11(15)8-9-14(2)13(16)10-12-6-4-3-5-7-12/h3-7,11,15H,8-10H2,1-2H3. The summed E-state index contributed by atoms with van der Waals surface area (Å²) >= 11 is 0. The molecule has 16 heavy (non-hydrogen) atoms. The predicted octanol–water partition coefficient (Wildman–Crippen LogP) is 1.46. The van der Waals surface area contributed by atoms with Crippen molar-refractivity contribution in [2.24, 2.45) is 0 Å². The monoisotopic (exact) mass is 221 g/mol. The normalized spacial score (nSPS) is 12.2. The fraction of sp³-hybridized carbons (Fsp3) is 0.462. The summed E-state index contributed by atoms with van der Waals surface area (Å²) in [6.45, 7) is 2.33. The maximum absolute atomic E-state index is 11.8. The quantitative estimate of drug-likeness (QED) is 0.817. The van der Waals surface area contributed by atoms with E-state index >= 15 is 0 Å². The van der Waals surface area contributed by atoms with Gasteiger partial charge in [0.25, 0.3) is 0 Å². The van der Waals surface area contributed by atoms with Gasteiger partial charge in [-0.15, -0.1) is 0 Å². The Bertz CT molecular complexity index is 322. The summed E-state index contributed by atoms with van der Waals surface area (Å²) in [6.07, 6.45) is 0.695. The van der Waals surface area contributed by atoms with Gasteiger partial charge >= 0.3 is 0 Å². The number of hydrogen-bond donors (Lipinski definition) is 1. The number of carbonyl (C=O) groups excluding carboxylic acids is 1. The van der Waals surface area contributed by atoms with Gasteiger partial charge in [-0.25, -0.2) is 0 Å². The van der Waals surface area contributed by atoms with Crippen molar-refractivity contribution in [3.63, 3.8) is 0 Å². The molecule has 0 spiro atoms. The molecule has 1 amide bonds. The number of benzene rings is 1. The van der Waals surface area contributed by atoms with Gasteiger partial charge in [-0.05, 0) is 18.9 Å². The van der Waals surface area contributed by atoms with E-state index < -0.39 is 0 Å². The fourth-order valence-corrected chi connectivity index (χ4v) is 1.41. The van der Waals surface area contributed by atoms with Crippen LogP contribution in [-0.2, 0) is 11.2 Å². The Hall–Kier alpha value is -1.35. The molecular weight excluding hydrogens is 202 g/mol. The Kier molecular flexibility index (Phi) is 4.99. The van der Waals surface area contributed by atoms with Crippen molar-refractivity contribution in [2.75, 3.05) is 13.6 Å². The van der Waals surface area contributed by atoms with Crippen molar-refractivity contribution in [3.8, 4) is 0 Å². The first kappa shape index (κ1) is 12.7. The minimum absolute atomic E-state index is 0.0897. The van der Waals surface area contributed by atoms with Crippen LogP contribution < -0.4 is 0 Å². The van der Waals surface area contributed by atoms with E-state index in [2.05, 4.69) is 0 Å². The Balaban J connectivity index is 2.40. The molecule has 0 aliphatic heterocycles. The largest absolute Gasteiger partial charge is 0.393 e. The summed E-state index contributed by atoms with van der Waals surface area (Å²) in [5.74, 6) is 0.0897. The third kappa shape index (κ3) is 4.45. The Labute approximate surface area is 96.7 Å². The molecule has 0 radical (unpaired) electrons. The van der Waals surface area contributed by atoms with Crippen LogP contribution in [0, 0.1) is 0 Å². The highest BCUT2D eigenvalue weighted by atomic mass is 16.3. The van der Waals surface area contributed by atoms with Gasteiger partial charge in [0, 0.05) is 13.6 Å². The van der Waals surface area contributed by atoms with Crippen LogP contribution >= 0.6 is 0 Å². The van der Waals surface area contributed by atoms with Crippen molar-refractivity contribution < 1.29 is 9.90 Å². The molecule has 0 saturated carbocycles. The van der Waals surface area contributed by atoms with Crippen molar-refractivity contribution in [1.29, 1.82) is 0 Å². The predicted molar refractivity (Wildman–Crippen MR) is 64.1 cm³/mol. The first-order valence-electron chi connectivity index (χ1n) is 5.55. The molecule has 1 aromatic rings. The lowest BCUT2D eigenvalue weighted by molar-refractivity contribution is -0.129. The topological polar surface area (TPSA) is 40.5 Å². The van der Waals surface area contributed by atoms with Crippen LogP contribution in [0.4, 0.5) is 0 Å². The molecule has 1 N–H and O–H groups in total. The molecule has 3 nitrogen and oxygen atoms in total. The summed E-state index contributed by atoms with van der Waals surface area (Å²) in [6, 6.07) is 9.68. The molecule has 88 valence electrons. The minimum atomic E-state index is -0.355. The fourth-order valence-electron chi connectivity index (χ4n) is 1.41. The molecule has 0 aromatic heterocycles. The second-order valence-electron chi connectivity index (χ2n) is 4.12. The number of nitrogens with zero attached hydrogens (tertiary/aromatic N) is 1. The van der Waals surface area contributed by atoms with Gasteiger partial charge in [0.1, 0.15) is 0 Å². The molecule has 1 rings (SSSR count). The summed E-state index contributed by atoms with van der Waals surface area (Å²) in [5, 5.41) is 9.13. The second-order valence-corrected chi connectivity index (χ2v) is 4.12. The summed E-state index contributed by atoms with van der Waals surface area (Å²) in [7, 11) is 1.77. The molecule has 0 heterocycles. The smallest absolute Gasteiger partial charge is 0.226 e. The number of amides is 1. The van der Waals surface area contributed by atoms with Crippen LogP contribution in [0.3, 0.4) is 0 Å². The molecule has 3 heteroatoms. The Morgan fingerprint density at radius 2 is 2.00 bits per heavy atom. The van der Waals surface area contributed by atoms with Crippen molar-refractivity contribution in [1.82, 2.24) is 4.90 Å². The van der Waals surface area contributed by atoms with Crippen LogP contribution in [-0.4, -0.2) is 35.6 Å². The molecule has 0 fully saturated rings. The van der Waals surface area contributed by atoms with E-state index in [9.17, 15) is 4.79 Å². The number of rotatable bonds is 5. The summed E-state index contributed by atoms with van der Waals surface area (Å²) < 4.78 is 0. The number of carbonyl (C=O) groups is 1. The molecule has 1 atom stereocenters. The van der Waals surface area contributed by atoms with Crippen LogP contribution in [0.5, 0.6) is 0 Å². The number of aliphatic hydroxyl groups is 1. The molecule has 0 saturated heterocycles. The zero-order valence-corrected chi connectivity index (χ0v) is 9.89. The van der Waals surface area contributed by atoms with Gasteiger partial charge in [0.2, 0.25) is 5.91 Å². The van der Waals surface area contributed by atoms with Gasteiger partial charge in [0.15, 0.2) is 0 Å². The average molecular weight is 221 g/mol. The molecule has 1 unspecified atom stereocenters. The second kappa shape index (κ2) is 6.28. The van der Waals surface area contributed by atoms with Crippen LogP contribution in [0.15, 0.2) is 30.3 Å². The van der Waals surface area contributed by atoms with E-state index in [1.807, 2.05) is 30.3 Å². The van der Waals surface area contributed by atoms with E-state index in [0.29, 0.717) is 19.4 Å². The van der Waals surface area contributed by atoms with Gasteiger partial charge < -0.3 is 10.0 Å². The minimum Gasteiger partial charge on any atom is -0.393 e. The molecule has 0 aliphatic carbocycles. The van der Waals surface area contributed by atoms with Crippen LogP contribution in [0.1, 0.15) is 18.9 Å². The molecule has 0 aliphatic rings. The first-order chi connectivity index (χ1) is 7.59. The SMILES string of the molecule is CC(O)CCN(C)C(=O)Cc1ccccc1. The van der Waals surface area contributed by atoms with Crippen molar-refractivity contribution >= 4 is 5.91 Å². The highest BCUT2D eigenvalue weighted by Gasteiger charge is 2.09. The molecule has 1 aromatic carbocycles. The number of hydrogen-bond acceptors (Lipinski definition) is 2. The van der Waals surface area contributed by atoms with Gasteiger partial charge in [-0.2, -0.15) is 0 Å². The zero-order valence-electron chi connectivity index (χ0n) is 9.89.